The van der Waals surface area contributed by atoms with Crippen LogP contribution < -0.4 is 5.32 Å². The standard InChI is InChI=1S/C15H20N4O2S2.ClH/c20-23(21,13-1-2-14-15(9-13)22-11-17-14)19-6-3-12(10-19)18-7-4-16-5-8-18;/h1-2,9,11-12,16H,3-8,10H2;1H. The summed E-state index contributed by atoms with van der Waals surface area (Å²) in [6.07, 6.45) is 0.919. The molecule has 2 saturated heterocycles. The van der Waals surface area contributed by atoms with E-state index in [-0.39, 0.29) is 12.4 Å². The quantitative estimate of drug-likeness (QED) is 0.860. The molecular weight excluding hydrogens is 368 g/mol. The molecule has 2 aliphatic rings. The van der Waals surface area contributed by atoms with E-state index in [2.05, 4.69) is 15.2 Å². The van der Waals surface area contributed by atoms with E-state index in [1.165, 1.54) is 11.3 Å². The summed E-state index contributed by atoms with van der Waals surface area (Å²) in [6, 6.07) is 5.57. The van der Waals surface area contributed by atoms with Gasteiger partial charge in [-0.1, -0.05) is 0 Å². The number of benzene rings is 1. The van der Waals surface area contributed by atoms with Crippen LogP contribution in [0.1, 0.15) is 6.42 Å². The van der Waals surface area contributed by atoms with Crippen molar-refractivity contribution in [2.45, 2.75) is 17.4 Å². The molecular formula is C15H21ClN4O2S2. The SMILES string of the molecule is Cl.O=S(=O)(c1ccc2ncsc2c1)N1CCC(N2CCNCC2)C1. The Labute approximate surface area is 152 Å². The summed E-state index contributed by atoms with van der Waals surface area (Å²) in [7, 11) is -3.41. The van der Waals surface area contributed by atoms with Crippen molar-refractivity contribution in [3.05, 3.63) is 23.7 Å². The van der Waals surface area contributed by atoms with Crippen LogP contribution in [0.5, 0.6) is 0 Å². The first-order valence-corrected chi connectivity index (χ1v) is 10.2. The van der Waals surface area contributed by atoms with E-state index < -0.39 is 10.0 Å². The van der Waals surface area contributed by atoms with E-state index in [9.17, 15) is 8.42 Å². The minimum Gasteiger partial charge on any atom is -0.314 e. The van der Waals surface area contributed by atoms with Gasteiger partial charge >= 0.3 is 0 Å². The van der Waals surface area contributed by atoms with Crippen LogP contribution in [0, 0.1) is 0 Å². The van der Waals surface area contributed by atoms with Gasteiger partial charge in [0.2, 0.25) is 10.0 Å². The molecule has 9 heteroatoms. The molecule has 2 aromatic rings. The van der Waals surface area contributed by atoms with Gasteiger partial charge in [-0.15, -0.1) is 23.7 Å². The lowest BCUT2D eigenvalue weighted by molar-refractivity contribution is 0.179. The molecule has 1 aromatic heterocycles. The molecule has 1 N–H and O–H groups in total. The van der Waals surface area contributed by atoms with Gasteiger partial charge in [-0.25, -0.2) is 13.4 Å². The zero-order valence-electron chi connectivity index (χ0n) is 13.2. The van der Waals surface area contributed by atoms with Crippen LogP contribution in [-0.4, -0.2) is 67.9 Å². The number of hydrogen-bond donors (Lipinski definition) is 1. The normalized spacial score (nSPS) is 23.4. The van der Waals surface area contributed by atoms with Crippen molar-refractivity contribution in [2.75, 3.05) is 39.3 Å². The second-order valence-electron chi connectivity index (χ2n) is 6.07. The summed E-state index contributed by atoms with van der Waals surface area (Å²) < 4.78 is 28.4. The fourth-order valence-corrected chi connectivity index (χ4v) is 5.73. The van der Waals surface area contributed by atoms with Crippen molar-refractivity contribution in [2.24, 2.45) is 0 Å². The van der Waals surface area contributed by atoms with Gasteiger partial charge in [-0.2, -0.15) is 4.31 Å². The summed E-state index contributed by atoms with van der Waals surface area (Å²) in [5.41, 5.74) is 2.60. The zero-order chi connectivity index (χ0) is 15.9. The van der Waals surface area contributed by atoms with Crippen LogP contribution in [-0.2, 0) is 10.0 Å². The predicted octanol–water partition coefficient (Wildman–Crippen LogP) is 1.39. The molecule has 0 spiro atoms. The topological polar surface area (TPSA) is 65.5 Å². The zero-order valence-corrected chi connectivity index (χ0v) is 15.7. The lowest BCUT2D eigenvalue weighted by atomic mass is 10.2. The molecule has 0 bridgehead atoms. The molecule has 4 rings (SSSR count). The maximum Gasteiger partial charge on any atom is 0.243 e. The van der Waals surface area contributed by atoms with E-state index >= 15 is 0 Å². The van der Waals surface area contributed by atoms with E-state index in [0.717, 1.165) is 42.8 Å². The molecule has 0 aliphatic carbocycles. The van der Waals surface area contributed by atoms with E-state index in [1.807, 2.05) is 0 Å². The van der Waals surface area contributed by atoms with E-state index in [1.54, 1.807) is 28.0 Å². The third-order valence-electron chi connectivity index (χ3n) is 4.73. The Morgan fingerprint density at radius 3 is 2.79 bits per heavy atom. The third kappa shape index (κ3) is 3.31. The van der Waals surface area contributed by atoms with E-state index in [4.69, 9.17) is 0 Å². The molecule has 3 heterocycles. The second-order valence-corrected chi connectivity index (χ2v) is 8.90. The number of halogens is 1. The van der Waals surface area contributed by atoms with Gasteiger partial charge in [-0.05, 0) is 24.6 Å². The minimum absolute atomic E-state index is 0. The summed E-state index contributed by atoms with van der Waals surface area (Å²) in [5.74, 6) is 0. The highest BCUT2D eigenvalue weighted by Crippen LogP contribution is 2.27. The van der Waals surface area contributed by atoms with Gasteiger partial charge in [0.05, 0.1) is 20.6 Å². The number of sulfonamides is 1. The Bertz CT molecular complexity index is 805. The smallest absolute Gasteiger partial charge is 0.243 e. The number of nitrogens with one attached hydrogen (secondary N) is 1. The van der Waals surface area contributed by atoms with Crippen molar-refractivity contribution < 1.29 is 8.42 Å². The summed E-state index contributed by atoms with van der Waals surface area (Å²) >= 11 is 1.47. The number of aromatic nitrogens is 1. The molecule has 24 heavy (non-hydrogen) atoms. The van der Waals surface area contributed by atoms with Gasteiger partial charge in [0.1, 0.15) is 0 Å². The molecule has 2 fully saturated rings. The van der Waals surface area contributed by atoms with Crippen molar-refractivity contribution in [1.29, 1.82) is 0 Å². The summed E-state index contributed by atoms with van der Waals surface area (Å²) in [5, 5.41) is 3.34. The van der Waals surface area contributed by atoms with Crippen LogP contribution in [0.3, 0.4) is 0 Å². The summed E-state index contributed by atoms with van der Waals surface area (Å²) in [4.78, 5) is 7.01. The first kappa shape index (κ1) is 18.0. The fraction of sp³-hybridized carbons (Fsp3) is 0.533. The monoisotopic (exact) mass is 388 g/mol. The number of rotatable bonds is 3. The molecule has 6 nitrogen and oxygen atoms in total. The second kappa shape index (κ2) is 7.23. The highest BCUT2D eigenvalue weighted by atomic mass is 35.5. The van der Waals surface area contributed by atoms with Crippen molar-refractivity contribution in [1.82, 2.24) is 19.5 Å². The van der Waals surface area contributed by atoms with Crippen molar-refractivity contribution in [3.8, 4) is 0 Å². The molecule has 0 radical (unpaired) electrons. The Morgan fingerprint density at radius 1 is 1.21 bits per heavy atom. The molecule has 2 aliphatic heterocycles. The first-order chi connectivity index (χ1) is 11.1. The van der Waals surface area contributed by atoms with Crippen LogP contribution in [0.15, 0.2) is 28.6 Å². The van der Waals surface area contributed by atoms with Crippen LogP contribution >= 0.6 is 23.7 Å². The van der Waals surface area contributed by atoms with Gasteiger partial charge in [0.25, 0.3) is 0 Å². The Kier molecular flexibility index (Phi) is 5.43. The molecule has 1 aromatic carbocycles. The molecule has 1 atom stereocenters. The highest BCUT2D eigenvalue weighted by Gasteiger charge is 2.35. The third-order valence-corrected chi connectivity index (χ3v) is 7.39. The maximum atomic E-state index is 12.9. The maximum absolute atomic E-state index is 12.9. The lowest BCUT2D eigenvalue weighted by Gasteiger charge is -2.32. The Balaban J connectivity index is 0.00000169. The molecule has 0 saturated carbocycles. The van der Waals surface area contributed by atoms with Crippen LogP contribution in [0.2, 0.25) is 0 Å². The van der Waals surface area contributed by atoms with Gasteiger partial charge in [-0.3, -0.25) is 4.90 Å². The predicted molar refractivity (Wildman–Crippen MR) is 98.5 cm³/mol. The van der Waals surface area contributed by atoms with E-state index in [0.29, 0.717) is 24.0 Å². The number of hydrogen-bond acceptors (Lipinski definition) is 6. The summed E-state index contributed by atoms with van der Waals surface area (Å²) in [6.45, 7) is 5.20. The van der Waals surface area contributed by atoms with Crippen LogP contribution in [0.4, 0.5) is 0 Å². The van der Waals surface area contributed by atoms with Gasteiger partial charge in [0.15, 0.2) is 0 Å². The Morgan fingerprint density at radius 2 is 2.00 bits per heavy atom. The molecule has 1 unspecified atom stereocenters. The number of fused-ring (bicyclic) bond motifs is 1. The van der Waals surface area contributed by atoms with Crippen molar-refractivity contribution >= 4 is 44.0 Å². The van der Waals surface area contributed by atoms with Gasteiger partial charge in [0, 0.05) is 45.3 Å². The number of piperazine rings is 1. The van der Waals surface area contributed by atoms with Crippen molar-refractivity contribution in [3.63, 3.8) is 0 Å². The highest BCUT2D eigenvalue weighted by molar-refractivity contribution is 7.89. The fourth-order valence-electron chi connectivity index (χ4n) is 3.42. The molecule has 132 valence electrons. The van der Waals surface area contributed by atoms with Gasteiger partial charge < -0.3 is 5.32 Å². The molecule has 0 amide bonds. The lowest BCUT2D eigenvalue weighted by Crippen LogP contribution is -2.49. The minimum atomic E-state index is -3.41. The number of nitrogens with zero attached hydrogens (tertiary/aromatic N) is 3. The largest absolute Gasteiger partial charge is 0.314 e. The number of thiazole rings is 1. The average Bonchev–Trinajstić information content (AvgIpc) is 3.24. The van der Waals surface area contributed by atoms with Crippen LogP contribution in [0.25, 0.3) is 10.2 Å². The first-order valence-electron chi connectivity index (χ1n) is 7.93. The Hall–Kier alpha value is -0.770. The average molecular weight is 389 g/mol.